The van der Waals surface area contributed by atoms with Crippen LogP contribution in [0.5, 0.6) is 0 Å². The standard InChI is InChI=1S/C40H42N6O10S2/c1-21(2)55-28(47)19-43-36(51)33(57-38(43)53)32-31-27(42(7)46(35(31)50)25-16-12-9-13-17-25)18-26(30-23(5)41(6)45(34(30)49)24-14-10-8-11-15-24)40(32)37(52)44(39(54)58-40)20-29(48)56-22(3)4/h8-17,21-22,26,32-33H,18-20H2,1-7H3. The first-order valence-electron chi connectivity index (χ1n) is 18.7. The summed E-state index contributed by atoms with van der Waals surface area (Å²) in [6.45, 7) is 6.65. The Hall–Kier alpha value is -5.62. The molecule has 0 saturated carbocycles. The van der Waals surface area contributed by atoms with Gasteiger partial charge in [-0.05, 0) is 77.1 Å². The zero-order valence-electron chi connectivity index (χ0n) is 32.9. The minimum atomic E-state index is -2.14. The van der Waals surface area contributed by atoms with Crippen LogP contribution in [0.25, 0.3) is 11.4 Å². The Labute approximate surface area is 341 Å². The van der Waals surface area contributed by atoms with Crippen molar-refractivity contribution in [3.63, 3.8) is 0 Å². The van der Waals surface area contributed by atoms with E-state index in [9.17, 15) is 33.6 Å². The first-order valence-corrected chi connectivity index (χ1v) is 20.3. The van der Waals surface area contributed by atoms with Gasteiger partial charge in [0, 0.05) is 48.4 Å². The lowest BCUT2D eigenvalue weighted by atomic mass is 9.65. The summed E-state index contributed by atoms with van der Waals surface area (Å²) in [5.41, 5.74) is 0.774. The molecule has 2 aliphatic heterocycles. The second-order valence-corrected chi connectivity index (χ2v) is 17.2. The van der Waals surface area contributed by atoms with E-state index in [2.05, 4.69) is 0 Å². The molecule has 3 aliphatic rings. The fourth-order valence-electron chi connectivity index (χ4n) is 8.31. The van der Waals surface area contributed by atoms with Gasteiger partial charge in [0.15, 0.2) is 0 Å². The van der Waals surface area contributed by atoms with E-state index in [4.69, 9.17) is 9.47 Å². The molecule has 4 amide bonds. The number of rotatable bonds is 10. The van der Waals surface area contributed by atoms with E-state index < -0.39 is 92.5 Å². The molecule has 2 saturated heterocycles. The molecule has 58 heavy (non-hydrogen) atoms. The van der Waals surface area contributed by atoms with Crippen LogP contribution in [0.1, 0.15) is 62.0 Å². The maximum Gasteiger partial charge on any atom is 0.326 e. The van der Waals surface area contributed by atoms with Crippen molar-refractivity contribution < 1.29 is 38.2 Å². The summed E-state index contributed by atoms with van der Waals surface area (Å²) in [5.74, 6) is -6.28. The van der Waals surface area contributed by atoms with Crippen molar-refractivity contribution in [2.75, 3.05) is 13.1 Å². The third kappa shape index (κ3) is 6.51. The molecular formula is C40H42N6O10S2. The largest absolute Gasteiger partial charge is 0.462 e. The molecule has 2 fully saturated rings. The molecule has 2 aromatic carbocycles. The van der Waals surface area contributed by atoms with Gasteiger partial charge < -0.3 is 9.47 Å². The summed E-state index contributed by atoms with van der Waals surface area (Å²) in [6.07, 6.45) is -1.25. The van der Waals surface area contributed by atoms with Crippen molar-refractivity contribution in [1.29, 1.82) is 0 Å². The Kier molecular flexibility index (Phi) is 10.7. The van der Waals surface area contributed by atoms with E-state index in [1.54, 1.807) is 119 Å². The van der Waals surface area contributed by atoms with E-state index >= 15 is 4.79 Å². The first kappa shape index (κ1) is 40.6. The van der Waals surface area contributed by atoms with Crippen molar-refractivity contribution in [3.05, 3.63) is 104 Å². The molecule has 4 aromatic rings. The first-order chi connectivity index (χ1) is 27.5. The van der Waals surface area contributed by atoms with Crippen molar-refractivity contribution in [3.8, 4) is 11.4 Å². The van der Waals surface area contributed by atoms with Gasteiger partial charge in [-0.3, -0.25) is 57.5 Å². The number of carbonyl (C=O) groups is 6. The number of nitrogens with zero attached hydrogens (tertiary/aromatic N) is 6. The molecule has 1 aliphatic carbocycles. The number of esters is 2. The maximum atomic E-state index is 15.5. The molecule has 0 radical (unpaired) electrons. The van der Waals surface area contributed by atoms with Crippen LogP contribution in [-0.4, -0.2) is 98.1 Å². The van der Waals surface area contributed by atoms with Crippen LogP contribution < -0.4 is 11.1 Å². The monoisotopic (exact) mass is 830 g/mol. The molecule has 0 bridgehead atoms. The zero-order chi connectivity index (χ0) is 42.0. The topological polar surface area (TPSA) is 181 Å². The Morgan fingerprint density at radius 1 is 0.724 bits per heavy atom. The van der Waals surface area contributed by atoms with Crippen molar-refractivity contribution >= 4 is 57.8 Å². The van der Waals surface area contributed by atoms with Crippen LogP contribution >= 0.6 is 23.5 Å². The van der Waals surface area contributed by atoms with Crippen molar-refractivity contribution in [1.82, 2.24) is 28.5 Å². The number of hydrogen-bond acceptors (Lipinski definition) is 12. The lowest BCUT2D eigenvalue weighted by molar-refractivity contribution is -0.151. The zero-order valence-corrected chi connectivity index (χ0v) is 34.5. The van der Waals surface area contributed by atoms with Crippen LogP contribution in [-0.2, 0) is 49.2 Å². The van der Waals surface area contributed by atoms with Crippen LogP contribution in [0.2, 0.25) is 0 Å². The van der Waals surface area contributed by atoms with E-state index in [1.807, 2.05) is 0 Å². The molecular weight excluding hydrogens is 789 g/mol. The average Bonchev–Trinajstić information content (AvgIpc) is 3.76. The number of aromatic nitrogens is 4. The number of carbonyl (C=O) groups excluding carboxylic acids is 6. The number of thioether (sulfide) groups is 2. The lowest BCUT2D eigenvalue weighted by Gasteiger charge is -2.45. The molecule has 4 atom stereocenters. The summed E-state index contributed by atoms with van der Waals surface area (Å²) in [6, 6.07) is 17.5. The molecule has 18 heteroatoms. The van der Waals surface area contributed by atoms with Crippen LogP contribution in [0.4, 0.5) is 9.59 Å². The predicted octanol–water partition coefficient (Wildman–Crippen LogP) is 3.80. The van der Waals surface area contributed by atoms with E-state index in [0.29, 0.717) is 46.3 Å². The van der Waals surface area contributed by atoms with Gasteiger partial charge in [-0.2, -0.15) is 0 Å². The highest BCUT2D eigenvalue weighted by molar-refractivity contribution is 8.16. The van der Waals surface area contributed by atoms with Gasteiger partial charge in [-0.1, -0.05) is 48.2 Å². The number of imide groups is 2. The fourth-order valence-corrected chi connectivity index (χ4v) is 11.1. The lowest BCUT2D eigenvalue weighted by Crippen LogP contribution is -2.57. The smallest absolute Gasteiger partial charge is 0.326 e. The van der Waals surface area contributed by atoms with Gasteiger partial charge in [0.1, 0.15) is 23.1 Å². The number of hydrogen-bond donors (Lipinski definition) is 0. The Morgan fingerprint density at radius 2 is 1.22 bits per heavy atom. The van der Waals surface area contributed by atoms with Gasteiger partial charge in [0.05, 0.1) is 23.6 Å². The number of para-hydroxylation sites is 2. The van der Waals surface area contributed by atoms with Crippen LogP contribution in [0.3, 0.4) is 0 Å². The Balaban J connectivity index is 1.52. The highest BCUT2D eigenvalue weighted by atomic mass is 32.2. The SMILES string of the molecule is Cc1c(C2Cc3c(c(=O)n(-c4ccccc4)n3C)C(C3SC(=O)N(CC(=O)OC(C)C)C3=O)C23SC(=O)N(CC(=O)OC(C)C)C3=O)c(=O)n(-c2ccccc2)n1C. The summed E-state index contributed by atoms with van der Waals surface area (Å²) >= 11 is 1.06. The summed E-state index contributed by atoms with van der Waals surface area (Å²) < 4.78 is 14.5. The van der Waals surface area contributed by atoms with Crippen LogP contribution in [0, 0.1) is 6.92 Å². The van der Waals surface area contributed by atoms with Gasteiger partial charge in [-0.15, -0.1) is 0 Å². The number of fused-ring (bicyclic) bond motifs is 1. The molecule has 4 heterocycles. The molecule has 7 rings (SSSR count). The Morgan fingerprint density at radius 3 is 1.76 bits per heavy atom. The highest BCUT2D eigenvalue weighted by Gasteiger charge is 2.70. The van der Waals surface area contributed by atoms with Gasteiger partial charge >= 0.3 is 11.9 Å². The highest BCUT2D eigenvalue weighted by Crippen LogP contribution is 2.62. The van der Waals surface area contributed by atoms with Gasteiger partial charge in [0.25, 0.3) is 21.6 Å². The van der Waals surface area contributed by atoms with Crippen molar-refractivity contribution in [2.24, 2.45) is 14.1 Å². The number of ether oxygens (including phenoxy) is 2. The predicted molar refractivity (Wildman–Crippen MR) is 214 cm³/mol. The number of benzene rings is 2. The quantitative estimate of drug-likeness (QED) is 0.211. The average molecular weight is 831 g/mol. The van der Waals surface area contributed by atoms with E-state index in [1.165, 1.54) is 9.36 Å². The van der Waals surface area contributed by atoms with Gasteiger partial charge in [-0.25, -0.2) is 9.36 Å². The molecule has 16 nitrogen and oxygen atoms in total. The molecule has 1 spiro atoms. The summed E-state index contributed by atoms with van der Waals surface area (Å²) in [4.78, 5) is 115. The van der Waals surface area contributed by atoms with E-state index in [0.717, 1.165) is 9.80 Å². The summed E-state index contributed by atoms with van der Waals surface area (Å²) in [7, 11) is 3.32. The minimum Gasteiger partial charge on any atom is -0.462 e. The third-order valence-corrected chi connectivity index (χ3v) is 13.3. The maximum absolute atomic E-state index is 15.5. The minimum absolute atomic E-state index is 0.00918. The third-order valence-electron chi connectivity index (χ3n) is 10.7. The Bertz CT molecular complexity index is 2490. The molecule has 2 aromatic heterocycles. The second-order valence-electron chi connectivity index (χ2n) is 14.9. The normalized spacial score (nSPS) is 21.8. The van der Waals surface area contributed by atoms with Crippen LogP contribution in [0.15, 0.2) is 70.3 Å². The van der Waals surface area contributed by atoms with Crippen molar-refractivity contribution in [2.45, 2.75) is 75.1 Å². The molecule has 4 unspecified atom stereocenters. The van der Waals surface area contributed by atoms with E-state index in [-0.39, 0.29) is 17.5 Å². The number of amides is 4. The second kappa shape index (κ2) is 15.3. The van der Waals surface area contributed by atoms with Gasteiger partial charge in [0.2, 0.25) is 11.8 Å². The fraction of sp³-hybridized carbons (Fsp3) is 0.400. The molecule has 0 N–H and O–H groups in total. The molecule has 304 valence electrons. The summed E-state index contributed by atoms with van der Waals surface area (Å²) in [5, 5.41) is -3.22.